The molecule has 3 aromatic heterocycles. The minimum atomic E-state index is -0.352. The molecule has 0 bridgehead atoms. The van der Waals surface area contributed by atoms with Gasteiger partial charge in [-0.15, -0.1) is 0 Å². The molecule has 0 spiro atoms. The number of benzene rings is 2. The molecule has 158 valence electrons. The molecule has 6 nitrogen and oxygen atoms in total. The van der Waals surface area contributed by atoms with Crippen molar-refractivity contribution in [2.45, 2.75) is 13.1 Å². The van der Waals surface area contributed by atoms with E-state index in [4.69, 9.17) is 0 Å². The maximum atomic E-state index is 13.7. The van der Waals surface area contributed by atoms with E-state index in [-0.39, 0.29) is 23.8 Å². The number of amides is 1. The molecule has 0 saturated carbocycles. The zero-order valence-corrected chi connectivity index (χ0v) is 17.0. The number of halogens is 1. The number of fused-ring (bicyclic) bond motifs is 3. The standard InChI is InChI=1S/C25H19FN4O2/c26-20-6-2-1-5-19(20)15-28-24(31)18-11-9-17(10-12-18)16-30-23-21(7-3-13-27-23)29-14-4-8-22(29)25(30)32/h1-14H,15-16H2,(H,28,31). The van der Waals surface area contributed by atoms with Gasteiger partial charge in [0.05, 0.1) is 12.1 Å². The zero-order chi connectivity index (χ0) is 22.1. The molecule has 0 saturated heterocycles. The fourth-order valence-electron chi connectivity index (χ4n) is 3.79. The van der Waals surface area contributed by atoms with Crippen LogP contribution < -0.4 is 10.9 Å². The van der Waals surface area contributed by atoms with Gasteiger partial charge in [0.15, 0.2) is 5.65 Å². The normalized spacial score (nSPS) is 11.2. The van der Waals surface area contributed by atoms with Crippen LogP contribution in [0.2, 0.25) is 0 Å². The zero-order valence-electron chi connectivity index (χ0n) is 17.0. The lowest BCUT2D eigenvalue weighted by molar-refractivity contribution is 0.0950. The fourth-order valence-corrected chi connectivity index (χ4v) is 3.79. The summed E-state index contributed by atoms with van der Waals surface area (Å²) in [6.45, 7) is 0.433. The Morgan fingerprint density at radius 3 is 2.53 bits per heavy atom. The Kier molecular flexibility index (Phi) is 4.99. The van der Waals surface area contributed by atoms with Crippen LogP contribution in [0.5, 0.6) is 0 Å². The van der Waals surface area contributed by atoms with E-state index < -0.39 is 0 Å². The highest BCUT2D eigenvalue weighted by Gasteiger charge is 2.12. The van der Waals surface area contributed by atoms with Crippen molar-refractivity contribution in [3.8, 4) is 0 Å². The summed E-state index contributed by atoms with van der Waals surface area (Å²) < 4.78 is 17.2. The van der Waals surface area contributed by atoms with Crippen LogP contribution in [-0.4, -0.2) is 19.9 Å². The molecule has 7 heteroatoms. The van der Waals surface area contributed by atoms with Crippen LogP contribution in [0.1, 0.15) is 21.5 Å². The van der Waals surface area contributed by atoms with Crippen LogP contribution in [0.25, 0.3) is 16.7 Å². The Morgan fingerprint density at radius 1 is 0.938 bits per heavy atom. The van der Waals surface area contributed by atoms with Crippen molar-refractivity contribution in [3.63, 3.8) is 0 Å². The number of pyridine rings is 1. The van der Waals surface area contributed by atoms with E-state index in [0.29, 0.717) is 28.8 Å². The van der Waals surface area contributed by atoms with E-state index in [1.165, 1.54) is 6.07 Å². The molecule has 0 radical (unpaired) electrons. The second-order valence-corrected chi connectivity index (χ2v) is 7.47. The van der Waals surface area contributed by atoms with Crippen molar-refractivity contribution in [1.29, 1.82) is 0 Å². The molecule has 32 heavy (non-hydrogen) atoms. The molecule has 0 aliphatic heterocycles. The smallest absolute Gasteiger partial charge is 0.276 e. The van der Waals surface area contributed by atoms with Gasteiger partial charge in [-0.1, -0.05) is 30.3 Å². The first kappa shape index (κ1) is 19.7. The summed E-state index contributed by atoms with van der Waals surface area (Å²) in [5.74, 6) is -0.645. The van der Waals surface area contributed by atoms with Gasteiger partial charge in [0, 0.05) is 30.1 Å². The topological polar surface area (TPSA) is 68.4 Å². The Balaban J connectivity index is 1.39. The minimum Gasteiger partial charge on any atom is -0.348 e. The lowest BCUT2D eigenvalue weighted by Crippen LogP contribution is -2.24. The molecule has 5 rings (SSSR count). The van der Waals surface area contributed by atoms with E-state index in [0.717, 1.165) is 11.1 Å². The second-order valence-electron chi connectivity index (χ2n) is 7.47. The van der Waals surface area contributed by atoms with Crippen molar-refractivity contribution in [2.75, 3.05) is 0 Å². The summed E-state index contributed by atoms with van der Waals surface area (Å²) >= 11 is 0. The van der Waals surface area contributed by atoms with Crippen molar-refractivity contribution in [2.24, 2.45) is 0 Å². The minimum absolute atomic E-state index is 0.109. The first-order valence-corrected chi connectivity index (χ1v) is 10.2. The highest BCUT2D eigenvalue weighted by Crippen LogP contribution is 2.15. The molecule has 2 aromatic carbocycles. The quantitative estimate of drug-likeness (QED) is 0.465. The van der Waals surface area contributed by atoms with Gasteiger partial charge in [0.1, 0.15) is 11.3 Å². The van der Waals surface area contributed by atoms with Gasteiger partial charge in [-0.05, 0) is 48.0 Å². The van der Waals surface area contributed by atoms with Crippen LogP contribution in [0.15, 0.2) is 90.0 Å². The van der Waals surface area contributed by atoms with Gasteiger partial charge in [0.2, 0.25) is 0 Å². The number of rotatable bonds is 5. The summed E-state index contributed by atoms with van der Waals surface area (Å²) in [5.41, 5.74) is 3.63. The molecular formula is C25H19FN4O2. The third-order valence-electron chi connectivity index (χ3n) is 5.45. The number of carbonyl (C=O) groups excluding carboxylic acids is 1. The van der Waals surface area contributed by atoms with Crippen LogP contribution in [0.3, 0.4) is 0 Å². The number of aromatic nitrogens is 3. The van der Waals surface area contributed by atoms with Crippen molar-refractivity contribution in [1.82, 2.24) is 19.3 Å². The monoisotopic (exact) mass is 426 g/mol. The SMILES string of the molecule is O=C(NCc1ccccc1F)c1ccc(Cn2c(=O)c3cccn3c3cccnc32)cc1. The number of carbonyl (C=O) groups is 1. The lowest BCUT2D eigenvalue weighted by Gasteiger charge is -2.12. The molecule has 1 amide bonds. The highest BCUT2D eigenvalue weighted by atomic mass is 19.1. The average molecular weight is 426 g/mol. The number of hydrogen-bond acceptors (Lipinski definition) is 3. The first-order chi connectivity index (χ1) is 15.6. The number of hydrogen-bond donors (Lipinski definition) is 1. The molecule has 0 unspecified atom stereocenters. The van der Waals surface area contributed by atoms with Gasteiger partial charge in [-0.3, -0.25) is 14.2 Å². The summed E-state index contributed by atoms with van der Waals surface area (Å²) in [6.07, 6.45) is 3.51. The van der Waals surface area contributed by atoms with Gasteiger partial charge < -0.3 is 9.72 Å². The fraction of sp³-hybridized carbons (Fsp3) is 0.0800. The van der Waals surface area contributed by atoms with Crippen LogP contribution in [0.4, 0.5) is 4.39 Å². The summed E-state index contributed by atoms with van der Waals surface area (Å²) in [7, 11) is 0. The summed E-state index contributed by atoms with van der Waals surface area (Å²) in [4.78, 5) is 29.9. The third-order valence-corrected chi connectivity index (χ3v) is 5.45. The molecule has 0 aliphatic carbocycles. The molecular weight excluding hydrogens is 407 g/mol. The van der Waals surface area contributed by atoms with E-state index in [1.54, 1.807) is 47.2 Å². The maximum absolute atomic E-state index is 13.7. The largest absolute Gasteiger partial charge is 0.348 e. The van der Waals surface area contributed by atoms with Crippen molar-refractivity contribution < 1.29 is 9.18 Å². The summed E-state index contributed by atoms with van der Waals surface area (Å²) in [6, 6.07) is 20.7. The highest BCUT2D eigenvalue weighted by molar-refractivity contribution is 5.94. The van der Waals surface area contributed by atoms with Crippen LogP contribution in [0, 0.1) is 5.82 Å². The van der Waals surface area contributed by atoms with Gasteiger partial charge in [-0.25, -0.2) is 9.37 Å². The third kappa shape index (κ3) is 3.54. The van der Waals surface area contributed by atoms with Crippen molar-refractivity contribution >= 4 is 22.6 Å². The molecule has 0 fully saturated rings. The number of nitrogens with zero attached hydrogens (tertiary/aromatic N) is 3. The lowest BCUT2D eigenvalue weighted by atomic mass is 10.1. The number of nitrogens with one attached hydrogen (secondary N) is 1. The van der Waals surface area contributed by atoms with E-state index in [2.05, 4.69) is 10.3 Å². The first-order valence-electron chi connectivity index (χ1n) is 10.2. The molecule has 5 aromatic rings. The second kappa shape index (κ2) is 8.11. The Labute approximate surface area is 182 Å². The van der Waals surface area contributed by atoms with E-state index >= 15 is 0 Å². The van der Waals surface area contributed by atoms with Crippen molar-refractivity contribution in [3.05, 3.63) is 118 Å². The van der Waals surface area contributed by atoms with Crippen LogP contribution >= 0.6 is 0 Å². The Bertz CT molecular complexity index is 1500. The average Bonchev–Trinajstić information content (AvgIpc) is 3.32. The van der Waals surface area contributed by atoms with E-state index in [1.807, 2.05) is 40.9 Å². The predicted molar refractivity (Wildman–Crippen MR) is 120 cm³/mol. The Hall–Kier alpha value is -4.26. The summed E-state index contributed by atoms with van der Waals surface area (Å²) in [5, 5.41) is 2.73. The van der Waals surface area contributed by atoms with E-state index in [9.17, 15) is 14.0 Å². The molecule has 3 heterocycles. The van der Waals surface area contributed by atoms with Crippen LogP contribution in [-0.2, 0) is 13.1 Å². The van der Waals surface area contributed by atoms with Gasteiger partial charge >= 0.3 is 0 Å². The Morgan fingerprint density at radius 2 is 1.72 bits per heavy atom. The van der Waals surface area contributed by atoms with Gasteiger partial charge in [-0.2, -0.15) is 0 Å². The van der Waals surface area contributed by atoms with Gasteiger partial charge in [0.25, 0.3) is 11.5 Å². The maximum Gasteiger partial charge on any atom is 0.276 e. The molecule has 1 N–H and O–H groups in total. The molecule has 0 aliphatic rings. The molecule has 0 atom stereocenters. The predicted octanol–water partition coefficient (Wildman–Crippen LogP) is 3.77.